The maximum Gasteiger partial charge on any atom is 0.359 e. The Hall–Kier alpha value is -3.68. The number of ether oxygens (including phenoxy) is 2. The van der Waals surface area contributed by atoms with E-state index in [1.54, 1.807) is 30.3 Å². The van der Waals surface area contributed by atoms with E-state index in [0.717, 1.165) is 10.2 Å². The topological polar surface area (TPSA) is 99.5 Å². The molecule has 2 aromatic carbocycles. The molecule has 8 heteroatoms. The molecule has 0 saturated carbocycles. The summed E-state index contributed by atoms with van der Waals surface area (Å²) in [6.45, 7) is 5.67. The summed E-state index contributed by atoms with van der Waals surface area (Å²) in [7, 11) is 2.96. The van der Waals surface area contributed by atoms with E-state index in [9.17, 15) is 14.4 Å². The maximum absolute atomic E-state index is 12.6. The van der Waals surface area contributed by atoms with Crippen LogP contribution in [-0.2, 0) is 22.0 Å². The molecule has 0 radical (unpaired) electrons. The van der Waals surface area contributed by atoms with E-state index in [-0.39, 0.29) is 16.7 Å². The summed E-state index contributed by atoms with van der Waals surface area (Å²) in [4.78, 5) is 37.2. The zero-order chi connectivity index (χ0) is 22.8. The molecule has 1 heterocycles. The number of nitrogens with zero attached hydrogens (tertiary/aromatic N) is 2. The predicted molar refractivity (Wildman–Crippen MR) is 118 cm³/mol. The standard InChI is InChI=1S/C23H25N3O5/c1-23(2,3)14-10-11-18(30-5)17(12-14)24-19(27)13-31-22(29)20-15-8-6-7-9-16(15)21(28)26(4)25-20/h6-12H,13H2,1-5H3,(H,24,27). The zero-order valence-corrected chi connectivity index (χ0v) is 18.2. The lowest BCUT2D eigenvalue weighted by Crippen LogP contribution is -2.26. The molecule has 3 aromatic rings. The normalized spacial score (nSPS) is 11.3. The van der Waals surface area contributed by atoms with Gasteiger partial charge in [0, 0.05) is 12.4 Å². The van der Waals surface area contributed by atoms with Crippen LogP contribution in [0.4, 0.5) is 5.69 Å². The van der Waals surface area contributed by atoms with Gasteiger partial charge in [-0.2, -0.15) is 5.10 Å². The molecular weight excluding hydrogens is 398 g/mol. The van der Waals surface area contributed by atoms with Crippen LogP contribution in [0.1, 0.15) is 36.8 Å². The van der Waals surface area contributed by atoms with Crippen molar-refractivity contribution in [2.45, 2.75) is 26.2 Å². The summed E-state index contributed by atoms with van der Waals surface area (Å²) in [5.74, 6) is -0.817. The monoisotopic (exact) mass is 423 g/mol. The second-order valence-corrected chi connectivity index (χ2v) is 8.11. The van der Waals surface area contributed by atoms with Gasteiger partial charge in [-0.3, -0.25) is 9.59 Å². The van der Waals surface area contributed by atoms with Crippen LogP contribution < -0.4 is 15.6 Å². The lowest BCUT2D eigenvalue weighted by atomic mass is 9.87. The number of benzene rings is 2. The number of nitrogens with one attached hydrogen (secondary N) is 1. The number of anilines is 1. The average molecular weight is 423 g/mol. The van der Waals surface area contributed by atoms with E-state index in [1.807, 2.05) is 12.1 Å². The number of carbonyl (C=O) groups excluding carboxylic acids is 2. The van der Waals surface area contributed by atoms with Crippen LogP contribution in [0.3, 0.4) is 0 Å². The molecule has 0 spiro atoms. The predicted octanol–water partition coefficient (Wildman–Crippen LogP) is 3.04. The molecular formula is C23H25N3O5. The minimum Gasteiger partial charge on any atom is -0.495 e. The number of amides is 1. The number of aromatic nitrogens is 2. The third-order valence-corrected chi connectivity index (χ3v) is 4.82. The highest BCUT2D eigenvalue weighted by Gasteiger charge is 2.20. The second-order valence-electron chi connectivity index (χ2n) is 8.11. The Morgan fingerprint density at radius 1 is 1.10 bits per heavy atom. The van der Waals surface area contributed by atoms with E-state index in [1.165, 1.54) is 14.2 Å². The van der Waals surface area contributed by atoms with Crippen molar-refractivity contribution < 1.29 is 19.1 Å². The number of rotatable bonds is 5. The van der Waals surface area contributed by atoms with Crippen molar-refractivity contribution in [2.24, 2.45) is 7.05 Å². The number of aryl methyl sites for hydroxylation is 1. The summed E-state index contributed by atoms with van der Waals surface area (Å²) in [5, 5.41) is 7.45. The molecule has 0 aliphatic carbocycles. The van der Waals surface area contributed by atoms with Crippen LogP contribution in [0.15, 0.2) is 47.3 Å². The summed E-state index contributed by atoms with van der Waals surface area (Å²) < 4.78 is 11.6. The summed E-state index contributed by atoms with van der Waals surface area (Å²) in [6.07, 6.45) is 0. The number of hydrogen-bond acceptors (Lipinski definition) is 6. The van der Waals surface area contributed by atoms with Gasteiger partial charge in [-0.25, -0.2) is 9.48 Å². The number of methoxy groups -OCH3 is 1. The molecule has 3 rings (SSSR count). The first-order valence-electron chi connectivity index (χ1n) is 9.73. The fraction of sp³-hybridized carbons (Fsp3) is 0.304. The Morgan fingerprint density at radius 2 is 1.77 bits per heavy atom. The second kappa shape index (κ2) is 8.59. The van der Waals surface area contributed by atoms with Crippen molar-refractivity contribution in [2.75, 3.05) is 19.0 Å². The number of carbonyl (C=O) groups is 2. The summed E-state index contributed by atoms with van der Waals surface area (Å²) >= 11 is 0. The van der Waals surface area contributed by atoms with Crippen LogP contribution in [0.2, 0.25) is 0 Å². The lowest BCUT2D eigenvalue weighted by molar-refractivity contribution is -0.119. The molecule has 0 bridgehead atoms. The maximum atomic E-state index is 12.6. The molecule has 162 valence electrons. The first-order valence-corrected chi connectivity index (χ1v) is 9.73. The van der Waals surface area contributed by atoms with Gasteiger partial charge in [0.2, 0.25) is 0 Å². The van der Waals surface area contributed by atoms with Crippen molar-refractivity contribution in [1.82, 2.24) is 9.78 Å². The molecule has 1 N–H and O–H groups in total. The van der Waals surface area contributed by atoms with Crippen LogP contribution >= 0.6 is 0 Å². The molecule has 0 saturated heterocycles. The van der Waals surface area contributed by atoms with Crippen molar-refractivity contribution in [3.63, 3.8) is 0 Å². The highest BCUT2D eigenvalue weighted by Crippen LogP contribution is 2.31. The van der Waals surface area contributed by atoms with E-state index in [4.69, 9.17) is 9.47 Å². The highest BCUT2D eigenvalue weighted by atomic mass is 16.5. The molecule has 1 amide bonds. The van der Waals surface area contributed by atoms with Gasteiger partial charge < -0.3 is 14.8 Å². The Bertz CT molecular complexity index is 1210. The fourth-order valence-electron chi connectivity index (χ4n) is 3.11. The molecule has 31 heavy (non-hydrogen) atoms. The van der Waals surface area contributed by atoms with Gasteiger partial charge in [-0.15, -0.1) is 0 Å². The average Bonchev–Trinajstić information content (AvgIpc) is 2.74. The quantitative estimate of drug-likeness (QED) is 0.633. The SMILES string of the molecule is COc1ccc(C(C)(C)C)cc1NC(=O)COC(=O)c1nn(C)c(=O)c2ccccc12. The van der Waals surface area contributed by atoms with Crippen molar-refractivity contribution in [3.8, 4) is 5.75 Å². The van der Waals surface area contributed by atoms with Crippen molar-refractivity contribution in [1.29, 1.82) is 0 Å². The Balaban J connectivity index is 1.77. The largest absolute Gasteiger partial charge is 0.495 e. The highest BCUT2D eigenvalue weighted by molar-refractivity contribution is 6.03. The Kier molecular flexibility index (Phi) is 6.10. The van der Waals surface area contributed by atoms with Crippen LogP contribution in [0.5, 0.6) is 5.75 Å². The van der Waals surface area contributed by atoms with Crippen molar-refractivity contribution in [3.05, 3.63) is 64.1 Å². The Labute approximate surface area is 179 Å². The third-order valence-electron chi connectivity index (χ3n) is 4.82. The molecule has 0 fully saturated rings. The lowest BCUT2D eigenvalue weighted by Gasteiger charge is -2.21. The van der Waals surface area contributed by atoms with Crippen molar-refractivity contribution >= 4 is 28.3 Å². The number of fused-ring (bicyclic) bond motifs is 1. The minimum absolute atomic E-state index is 0.0298. The Morgan fingerprint density at radius 3 is 2.42 bits per heavy atom. The molecule has 0 aliphatic heterocycles. The van der Waals surface area contributed by atoms with Gasteiger partial charge in [0.05, 0.1) is 18.2 Å². The first kappa shape index (κ1) is 22.0. The molecule has 0 atom stereocenters. The van der Waals surface area contributed by atoms with Gasteiger partial charge in [0.1, 0.15) is 5.75 Å². The van der Waals surface area contributed by atoms with Crippen LogP contribution in [0, 0.1) is 0 Å². The molecule has 0 unspecified atom stereocenters. The third kappa shape index (κ3) is 4.74. The van der Waals surface area contributed by atoms with Gasteiger partial charge in [-0.1, -0.05) is 45.0 Å². The summed E-state index contributed by atoms with van der Waals surface area (Å²) in [5.41, 5.74) is 1.03. The summed E-state index contributed by atoms with van der Waals surface area (Å²) in [6, 6.07) is 12.2. The zero-order valence-electron chi connectivity index (χ0n) is 18.2. The van der Waals surface area contributed by atoms with Gasteiger partial charge >= 0.3 is 5.97 Å². The van der Waals surface area contributed by atoms with Gasteiger partial charge in [-0.05, 0) is 29.2 Å². The number of hydrogen-bond donors (Lipinski definition) is 1. The van der Waals surface area contributed by atoms with E-state index in [2.05, 4.69) is 31.2 Å². The smallest absolute Gasteiger partial charge is 0.359 e. The fourth-order valence-corrected chi connectivity index (χ4v) is 3.11. The van der Waals surface area contributed by atoms with E-state index >= 15 is 0 Å². The van der Waals surface area contributed by atoms with Gasteiger partial charge in [0.15, 0.2) is 12.3 Å². The minimum atomic E-state index is -0.794. The van der Waals surface area contributed by atoms with Gasteiger partial charge in [0.25, 0.3) is 11.5 Å². The van der Waals surface area contributed by atoms with E-state index in [0.29, 0.717) is 22.2 Å². The molecule has 0 aliphatic rings. The van der Waals surface area contributed by atoms with Crippen LogP contribution in [-0.4, -0.2) is 35.4 Å². The van der Waals surface area contributed by atoms with E-state index < -0.39 is 18.5 Å². The molecule has 1 aromatic heterocycles. The van der Waals surface area contributed by atoms with Crippen LogP contribution in [0.25, 0.3) is 10.8 Å². The first-order chi connectivity index (χ1) is 14.6. The number of esters is 1. The molecule has 8 nitrogen and oxygen atoms in total.